The lowest BCUT2D eigenvalue weighted by atomic mass is 9.96. The molecule has 0 aliphatic carbocycles. The van der Waals surface area contributed by atoms with Gasteiger partial charge in [0.1, 0.15) is 5.60 Å². The number of likely N-dealkylation sites (N-methyl/N-ethyl adjacent to an activating group) is 1. The summed E-state index contributed by atoms with van der Waals surface area (Å²) in [6, 6.07) is 0. The van der Waals surface area contributed by atoms with Crippen LogP contribution in [-0.2, 0) is 4.74 Å². The molecule has 1 heterocycles. The van der Waals surface area contributed by atoms with Gasteiger partial charge in [0.25, 0.3) is 0 Å². The van der Waals surface area contributed by atoms with E-state index in [-0.39, 0.29) is 5.60 Å². The molecular formula is C9H22N2O. The Hall–Kier alpha value is -0.120. The first-order chi connectivity index (χ1) is 5.68. The maximum Gasteiger partial charge on any atom is 0.105 e. The van der Waals surface area contributed by atoms with Crippen molar-refractivity contribution in [2.24, 2.45) is 0 Å². The van der Waals surface area contributed by atoms with Gasteiger partial charge in [-0.05, 0) is 14.1 Å². The van der Waals surface area contributed by atoms with Crippen LogP contribution in [0, 0.1) is 0 Å². The minimum atomic E-state index is 0.101. The molecule has 74 valence electrons. The minimum absolute atomic E-state index is 0.101. The van der Waals surface area contributed by atoms with Crippen LogP contribution in [0.15, 0.2) is 0 Å². The highest BCUT2D eigenvalue weighted by Crippen LogP contribution is 2.15. The molecule has 0 aromatic rings. The molecule has 3 heteroatoms. The van der Waals surface area contributed by atoms with Crippen molar-refractivity contribution < 1.29 is 4.74 Å². The molecule has 0 aromatic heterocycles. The largest absolute Gasteiger partial charge is 0.374 e. The molecule has 1 rings (SSSR count). The van der Waals surface area contributed by atoms with Crippen LogP contribution >= 0.6 is 0 Å². The molecule has 3 nitrogen and oxygen atoms in total. The van der Waals surface area contributed by atoms with Gasteiger partial charge >= 0.3 is 0 Å². The van der Waals surface area contributed by atoms with E-state index in [9.17, 15) is 0 Å². The summed E-state index contributed by atoms with van der Waals surface area (Å²) in [5, 5.41) is 3.21. The maximum atomic E-state index is 5.38. The minimum Gasteiger partial charge on any atom is -0.374 e. The van der Waals surface area contributed by atoms with Crippen molar-refractivity contribution in [3.8, 4) is 0 Å². The Morgan fingerprint density at radius 1 is 1.33 bits per heavy atom. The zero-order valence-corrected chi connectivity index (χ0v) is 8.98. The van der Waals surface area contributed by atoms with Gasteiger partial charge < -0.3 is 15.0 Å². The molecule has 0 bridgehead atoms. The third-order valence-electron chi connectivity index (χ3n) is 1.93. The Morgan fingerprint density at radius 2 is 1.83 bits per heavy atom. The summed E-state index contributed by atoms with van der Waals surface area (Å²) < 4.78 is 5.38. The van der Waals surface area contributed by atoms with Crippen LogP contribution in [0.5, 0.6) is 0 Å². The van der Waals surface area contributed by atoms with E-state index in [1.807, 2.05) is 13.8 Å². The SMILES string of the molecule is CC.COC1(CN(C)C)CNC1. The first-order valence-corrected chi connectivity index (χ1v) is 4.59. The Morgan fingerprint density at radius 3 is 1.92 bits per heavy atom. The van der Waals surface area contributed by atoms with Crippen LogP contribution in [0.25, 0.3) is 0 Å². The number of ether oxygens (including phenoxy) is 1. The lowest BCUT2D eigenvalue weighted by Gasteiger charge is -2.42. The Kier molecular flexibility index (Phi) is 5.46. The molecule has 0 unspecified atom stereocenters. The average molecular weight is 174 g/mol. The second-order valence-corrected chi connectivity index (χ2v) is 3.23. The van der Waals surface area contributed by atoms with Crippen molar-refractivity contribution in [3.05, 3.63) is 0 Å². The Balaban J connectivity index is 0.000000561. The normalized spacial score (nSPS) is 19.5. The summed E-state index contributed by atoms with van der Waals surface area (Å²) in [7, 11) is 5.92. The summed E-state index contributed by atoms with van der Waals surface area (Å²) in [6.45, 7) is 6.99. The highest BCUT2D eigenvalue weighted by Gasteiger charge is 2.37. The molecule has 12 heavy (non-hydrogen) atoms. The van der Waals surface area contributed by atoms with E-state index >= 15 is 0 Å². The van der Waals surface area contributed by atoms with Crippen molar-refractivity contribution in [3.63, 3.8) is 0 Å². The zero-order chi connectivity index (χ0) is 9.61. The first kappa shape index (κ1) is 11.9. The summed E-state index contributed by atoms with van der Waals surface area (Å²) in [5.41, 5.74) is 0.101. The third kappa shape index (κ3) is 3.09. The van der Waals surface area contributed by atoms with Crippen molar-refractivity contribution in [2.75, 3.05) is 40.8 Å². The van der Waals surface area contributed by atoms with Crippen LogP contribution in [-0.4, -0.2) is 51.3 Å². The van der Waals surface area contributed by atoms with Gasteiger partial charge in [-0.15, -0.1) is 0 Å². The van der Waals surface area contributed by atoms with Crippen molar-refractivity contribution in [1.82, 2.24) is 10.2 Å². The van der Waals surface area contributed by atoms with Gasteiger partial charge in [-0.2, -0.15) is 0 Å². The Labute approximate surface area is 76.1 Å². The van der Waals surface area contributed by atoms with Crippen molar-refractivity contribution in [2.45, 2.75) is 19.4 Å². The van der Waals surface area contributed by atoms with Gasteiger partial charge in [0.05, 0.1) is 0 Å². The summed E-state index contributed by atoms with van der Waals surface area (Å²) in [4.78, 5) is 2.16. The number of rotatable bonds is 3. The molecule has 0 aromatic carbocycles. The summed E-state index contributed by atoms with van der Waals surface area (Å²) in [6.07, 6.45) is 0. The van der Waals surface area contributed by atoms with E-state index in [1.165, 1.54) is 0 Å². The smallest absolute Gasteiger partial charge is 0.105 e. The van der Waals surface area contributed by atoms with Crippen LogP contribution in [0.2, 0.25) is 0 Å². The fraction of sp³-hybridized carbons (Fsp3) is 1.00. The van der Waals surface area contributed by atoms with Gasteiger partial charge in [-0.1, -0.05) is 13.8 Å². The highest BCUT2D eigenvalue weighted by molar-refractivity contribution is 4.95. The number of methoxy groups -OCH3 is 1. The molecule has 0 radical (unpaired) electrons. The zero-order valence-electron chi connectivity index (χ0n) is 8.98. The van der Waals surface area contributed by atoms with E-state index in [2.05, 4.69) is 24.3 Å². The third-order valence-corrected chi connectivity index (χ3v) is 1.93. The van der Waals surface area contributed by atoms with Gasteiger partial charge in [0, 0.05) is 26.7 Å². The second-order valence-electron chi connectivity index (χ2n) is 3.23. The predicted molar refractivity (Wildman–Crippen MR) is 52.5 cm³/mol. The van der Waals surface area contributed by atoms with E-state index in [0.29, 0.717) is 0 Å². The fourth-order valence-corrected chi connectivity index (χ4v) is 1.30. The van der Waals surface area contributed by atoms with Gasteiger partial charge in [0.15, 0.2) is 0 Å². The monoisotopic (exact) mass is 174 g/mol. The van der Waals surface area contributed by atoms with Crippen LogP contribution in [0.1, 0.15) is 13.8 Å². The lowest BCUT2D eigenvalue weighted by molar-refractivity contribution is -0.0652. The van der Waals surface area contributed by atoms with Gasteiger partial charge in [-0.25, -0.2) is 0 Å². The molecular weight excluding hydrogens is 152 g/mol. The molecule has 0 atom stereocenters. The summed E-state index contributed by atoms with van der Waals surface area (Å²) in [5.74, 6) is 0. The summed E-state index contributed by atoms with van der Waals surface area (Å²) >= 11 is 0. The highest BCUT2D eigenvalue weighted by atomic mass is 16.5. The van der Waals surface area contributed by atoms with Gasteiger partial charge in [-0.3, -0.25) is 0 Å². The van der Waals surface area contributed by atoms with Crippen LogP contribution in [0.4, 0.5) is 0 Å². The Bertz CT molecular complexity index is 106. The predicted octanol–water partition coefficient (Wildman–Crippen LogP) is 0.563. The molecule has 1 saturated heterocycles. The fourth-order valence-electron chi connectivity index (χ4n) is 1.30. The van der Waals surface area contributed by atoms with E-state index in [1.54, 1.807) is 7.11 Å². The van der Waals surface area contributed by atoms with E-state index in [0.717, 1.165) is 19.6 Å². The molecule has 1 fully saturated rings. The maximum absolute atomic E-state index is 5.38. The van der Waals surface area contributed by atoms with Crippen molar-refractivity contribution in [1.29, 1.82) is 0 Å². The van der Waals surface area contributed by atoms with E-state index < -0.39 is 0 Å². The molecule has 1 aliphatic heterocycles. The lowest BCUT2D eigenvalue weighted by Crippen LogP contribution is -2.64. The molecule has 0 spiro atoms. The average Bonchev–Trinajstić information content (AvgIpc) is 2.01. The van der Waals surface area contributed by atoms with Crippen molar-refractivity contribution >= 4 is 0 Å². The number of hydrogen-bond acceptors (Lipinski definition) is 3. The van der Waals surface area contributed by atoms with Crippen LogP contribution < -0.4 is 5.32 Å². The second kappa shape index (κ2) is 5.51. The standard InChI is InChI=1S/C7H16N2O.C2H6/c1-9(2)6-7(10-3)4-8-5-7;1-2/h8H,4-6H2,1-3H3;1-2H3. The molecule has 1 N–H and O–H groups in total. The molecule has 0 saturated carbocycles. The molecule has 1 aliphatic rings. The van der Waals surface area contributed by atoms with Gasteiger partial charge in [0.2, 0.25) is 0 Å². The first-order valence-electron chi connectivity index (χ1n) is 4.59. The number of hydrogen-bond donors (Lipinski definition) is 1. The van der Waals surface area contributed by atoms with E-state index in [4.69, 9.17) is 4.74 Å². The molecule has 0 amide bonds. The topological polar surface area (TPSA) is 24.5 Å². The van der Waals surface area contributed by atoms with Crippen LogP contribution in [0.3, 0.4) is 0 Å². The quantitative estimate of drug-likeness (QED) is 0.677. The number of nitrogens with zero attached hydrogens (tertiary/aromatic N) is 1. The number of nitrogens with one attached hydrogen (secondary N) is 1.